The summed E-state index contributed by atoms with van der Waals surface area (Å²) in [5, 5.41) is 0.624. The predicted molar refractivity (Wildman–Crippen MR) is 106 cm³/mol. The Morgan fingerprint density at radius 2 is 1.62 bits per heavy atom. The highest BCUT2D eigenvalue weighted by Gasteiger charge is 2.25. The van der Waals surface area contributed by atoms with E-state index in [1.54, 1.807) is 24.3 Å². The fourth-order valence-corrected chi connectivity index (χ4v) is 3.71. The molecule has 0 spiro atoms. The lowest BCUT2D eigenvalue weighted by Crippen LogP contribution is -2.24. The number of halogens is 1. The third-order valence-electron chi connectivity index (χ3n) is 4.98. The van der Waals surface area contributed by atoms with Crippen LogP contribution in [0, 0.1) is 0 Å². The van der Waals surface area contributed by atoms with Crippen LogP contribution in [0.2, 0.25) is 5.02 Å². The Labute approximate surface area is 160 Å². The Morgan fingerprint density at radius 1 is 1.00 bits per heavy atom. The fourth-order valence-electron chi connectivity index (χ4n) is 3.58. The van der Waals surface area contributed by atoms with Gasteiger partial charge in [0.15, 0.2) is 0 Å². The third-order valence-corrected chi connectivity index (χ3v) is 5.23. The van der Waals surface area contributed by atoms with E-state index in [1.165, 1.54) is 11.1 Å². The number of carbonyl (C=O) groups excluding carboxylic acids is 1. The molecule has 0 aromatic heterocycles. The lowest BCUT2D eigenvalue weighted by molar-refractivity contribution is 0.0195. The summed E-state index contributed by atoms with van der Waals surface area (Å²) in [6, 6.07) is 15.8. The van der Waals surface area contributed by atoms with Crippen molar-refractivity contribution in [2.24, 2.45) is 0 Å². The van der Waals surface area contributed by atoms with Crippen LogP contribution in [0.4, 0.5) is 0 Å². The van der Waals surface area contributed by atoms with Crippen LogP contribution in [0.15, 0.2) is 48.5 Å². The molecule has 3 nitrogen and oxygen atoms in total. The van der Waals surface area contributed by atoms with Crippen LogP contribution < -0.4 is 0 Å². The number of esters is 1. The molecule has 0 unspecified atom stereocenters. The fraction of sp³-hybridized carbons (Fsp3) is 0.409. The first kappa shape index (κ1) is 18.9. The Kier molecular flexibility index (Phi) is 6.33. The molecule has 2 aromatic rings. The second kappa shape index (κ2) is 8.70. The Morgan fingerprint density at radius 3 is 2.19 bits per heavy atom. The van der Waals surface area contributed by atoms with E-state index in [4.69, 9.17) is 16.3 Å². The standard InChI is InChI=1S/C22H26ClNO2/c1-24(2)15-16-3-5-17(6-4-16)18-9-13-21(14-10-18)26-22(25)19-7-11-20(23)12-8-19/h3-8,11-12,18,21H,9-10,13-15H2,1-2H3. The first-order valence-electron chi connectivity index (χ1n) is 9.21. The lowest BCUT2D eigenvalue weighted by atomic mass is 9.82. The largest absolute Gasteiger partial charge is 0.459 e. The summed E-state index contributed by atoms with van der Waals surface area (Å²) in [6.45, 7) is 0.966. The molecule has 2 aromatic carbocycles. The Balaban J connectivity index is 1.51. The average molecular weight is 372 g/mol. The zero-order valence-corrected chi connectivity index (χ0v) is 16.2. The van der Waals surface area contributed by atoms with Gasteiger partial charge in [-0.3, -0.25) is 0 Å². The number of nitrogens with zero attached hydrogens (tertiary/aromatic N) is 1. The molecule has 3 rings (SSSR count). The number of rotatable bonds is 5. The molecule has 0 amide bonds. The van der Waals surface area contributed by atoms with Gasteiger partial charge in [-0.1, -0.05) is 35.9 Å². The van der Waals surface area contributed by atoms with Gasteiger partial charge in [0.05, 0.1) is 5.56 Å². The van der Waals surface area contributed by atoms with Gasteiger partial charge in [0.2, 0.25) is 0 Å². The molecule has 1 saturated carbocycles. The molecular weight excluding hydrogens is 346 g/mol. The molecule has 0 radical (unpaired) electrons. The molecule has 1 aliphatic carbocycles. The van der Waals surface area contributed by atoms with E-state index in [-0.39, 0.29) is 12.1 Å². The topological polar surface area (TPSA) is 29.5 Å². The molecule has 0 N–H and O–H groups in total. The molecule has 0 heterocycles. The molecule has 1 fully saturated rings. The smallest absolute Gasteiger partial charge is 0.338 e. The molecule has 4 heteroatoms. The third kappa shape index (κ3) is 5.09. The molecule has 0 aliphatic heterocycles. The van der Waals surface area contributed by atoms with Crippen molar-refractivity contribution in [1.82, 2.24) is 4.90 Å². The maximum absolute atomic E-state index is 12.2. The van der Waals surface area contributed by atoms with Gasteiger partial charge in [0.25, 0.3) is 0 Å². The minimum atomic E-state index is -0.252. The number of hydrogen-bond acceptors (Lipinski definition) is 3. The molecule has 0 bridgehead atoms. The van der Waals surface area contributed by atoms with E-state index in [1.807, 2.05) is 0 Å². The molecule has 0 atom stereocenters. The first-order valence-corrected chi connectivity index (χ1v) is 9.59. The molecule has 1 aliphatic rings. The molecule has 26 heavy (non-hydrogen) atoms. The number of ether oxygens (including phenoxy) is 1. The predicted octanol–water partition coefficient (Wildman–Crippen LogP) is 5.28. The van der Waals surface area contributed by atoms with Gasteiger partial charge in [-0.25, -0.2) is 4.79 Å². The summed E-state index contributed by atoms with van der Waals surface area (Å²) < 4.78 is 5.68. The van der Waals surface area contributed by atoms with Crippen molar-refractivity contribution in [3.63, 3.8) is 0 Å². The van der Waals surface area contributed by atoms with Crippen LogP contribution in [0.3, 0.4) is 0 Å². The number of carbonyl (C=O) groups is 1. The SMILES string of the molecule is CN(C)Cc1ccc(C2CCC(OC(=O)c3ccc(Cl)cc3)CC2)cc1. The second-order valence-electron chi connectivity index (χ2n) is 7.37. The van der Waals surface area contributed by atoms with Gasteiger partial charge in [-0.2, -0.15) is 0 Å². The summed E-state index contributed by atoms with van der Waals surface area (Å²) in [5.74, 6) is 0.312. The van der Waals surface area contributed by atoms with E-state index in [9.17, 15) is 4.79 Å². The van der Waals surface area contributed by atoms with Crippen molar-refractivity contribution in [3.05, 3.63) is 70.2 Å². The summed E-state index contributed by atoms with van der Waals surface area (Å²) in [5.41, 5.74) is 3.30. The zero-order valence-electron chi connectivity index (χ0n) is 15.5. The second-order valence-corrected chi connectivity index (χ2v) is 7.80. The highest BCUT2D eigenvalue weighted by Crippen LogP contribution is 2.34. The summed E-state index contributed by atoms with van der Waals surface area (Å²) >= 11 is 5.86. The van der Waals surface area contributed by atoms with Crippen LogP contribution in [-0.4, -0.2) is 31.1 Å². The zero-order chi connectivity index (χ0) is 18.5. The summed E-state index contributed by atoms with van der Waals surface area (Å²) in [4.78, 5) is 14.4. The van der Waals surface area contributed by atoms with Crippen molar-refractivity contribution in [3.8, 4) is 0 Å². The van der Waals surface area contributed by atoms with Crippen LogP contribution >= 0.6 is 11.6 Å². The van der Waals surface area contributed by atoms with Crippen LogP contribution in [0.25, 0.3) is 0 Å². The molecule has 138 valence electrons. The quantitative estimate of drug-likeness (QED) is 0.669. The van der Waals surface area contributed by atoms with Crippen LogP contribution in [0.1, 0.15) is 53.1 Å². The van der Waals surface area contributed by atoms with Crippen LogP contribution in [-0.2, 0) is 11.3 Å². The number of benzene rings is 2. The van der Waals surface area contributed by atoms with Gasteiger partial charge in [0.1, 0.15) is 6.10 Å². The van der Waals surface area contributed by atoms with Crippen molar-refractivity contribution in [1.29, 1.82) is 0 Å². The van der Waals surface area contributed by atoms with Crippen LogP contribution in [0.5, 0.6) is 0 Å². The van der Waals surface area contributed by atoms with Crippen molar-refractivity contribution in [2.75, 3.05) is 14.1 Å². The Bertz CT molecular complexity index is 717. The highest BCUT2D eigenvalue weighted by molar-refractivity contribution is 6.30. The summed E-state index contributed by atoms with van der Waals surface area (Å²) in [7, 11) is 4.17. The highest BCUT2D eigenvalue weighted by atomic mass is 35.5. The minimum Gasteiger partial charge on any atom is -0.459 e. The normalized spacial score (nSPS) is 20.2. The van der Waals surface area contributed by atoms with E-state index < -0.39 is 0 Å². The lowest BCUT2D eigenvalue weighted by Gasteiger charge is -2.28. The molecule has 0 saturated heterocycles. The van der Waals surface area contributed by atoms with Gasteiger partial charge < -0.3 is 9.64 Å². The Hall–Kier alpha value is -1.84. The van der Waals surface area contributed by atoms with E-state index in [2.05, 4.69) is 43.3 Å². The number of hydrogen-bond donors (Lipinski definition) is 0. The van der Waals surface area contributed by atoms with E-state index in [0.717, 1.165) is 32.2 Å². The van der Waals surface area contributed by atoms with Gasteiger partial charge in [-0.05, 0) is 81.1 Å². The van der Waals surface area contributed by atoms with E-state index in [0.29, 0.717) is 16.5 Å². The van der Waals surface area contributed by atoms with Crippen molar-refractivity contribution < 1.29 is 9.53 Å². The van der Waals surface area contributed by atoms with Gasteiger partial charge >= 0.3 is 5.97 Å². The maximum Gasteiger partial charge on any atom is 0.338 e. The maximum atomic E-state index is 12.2. The van der Waals surface area contributed by atoms with Gasteiger partial charge in [0, 0.05) is 11.6 Å². The van der Waals surface area contributed by atoms with E-state index >= 15 is 0 Å². The van der Waals surface area contributed by atoms with Crippen molar-refractivity contribution >= 4 is 17.6 Å². The first-order chi connectivity index (χ1) is 12.5. The average Bonchev–Trinajstić information content (AvgIpc) is 2.63. The van der Waals surface area contributed by atoms with Gasteiger partial charge in [-0.15, -0.1) is 0 Å². The summed E-state index contributed by atoms with van der Waals surface area (Å²) in [6.07, 6.45) is 3.98. The monoisotopic (exact) mass is 371 g/mol. The molecular formula is C22H26ClNO2. The van der Waals surface area contributed by atoms with Crippen molar-refractivity contribution in [2.45, 2.75) is 44.2 Å². The minimum absolute atomic E-state index is 0.0162.